The second-order valence-corrected chi connectivity index (χ2v) is 12.9. The molecule has 3 aromatic carbocycles. The summed E-state index contributed by atoms with van der Waals surface area (Å²) in [6.45, 7) is 0.678. The Kier molecular flexibility index (Phi) is 8.98. The van der Waals surface area contributed by atoms with Crippen molar-refractivity contribution in [2.24, 2.45) is 5.92 Å². The van der Waals surface area contributed by atoms with Crippen molar-refractivity contribution in [2.45, 2.75) is 62.0 Å². The van der Waals surface area contributed by atoms with Gasteiger partial charge in [0.25, 0.3) is 0 Å². The lowest BCUT2D eigenvalue weighted by molar-refractivity contribution is -0.143. The number of hydrogen-bond acceptors (Lipinski definition) is 5. The van der Waals surface area contributed by atoms with E-state index >= 15 is 0 Å². The van der Waals surface area contributed by atoms with Crippen molar-refractivity contribution in [3.05, 3.63) is 77.8 Å². The quantitative estimate of drug-likeness (QED) is 0.303. The summed E-state index contributed by atoms with van der Waals surface area (Å²) in [6, 6.07) is 20.1. The van der Waals surface area contributed by atoms with Crippen LogP contribution in [0.4, 0.5) is 0 Å². The molecule has 0 unspecified atom stereocenters. The number of sulfonamides is 1. The molecule has 7 nitrogen and oxygen atoms in total. The average Bonchev–Trinajstić information content (AvgIpc) is 2.97. The van der Waals surface area contributed by atoms with Crippen LogP contribution in [0.1, 0.15) is 44.9 Å². The molecule has 2 atom stereocenters. The van der Waals surface area contributed by atoms with Crippen LogP contribution in [-0.4, -0.2) is 49.1 Å². The zero-order valence-corrected chi connectivity index (χ0v) is 23.8. The predicted octanol–water partition coefficient (Wildman–Crippen LogP) is 6.65. The second-order valence-electron chi connectivity index (χ2n) is 10.6. The van der Waals surface area contributed by atoms with Gasteiger partial charge in [-0.1, -0.05) is 55.1 Å². The molecule has 9 heteroatoms. The number of rotatable bonds is 9. The minimum Gasteiger partial charge on any atom is -0.493 e. The van der Waals surface area contributed by atoms with Gasteiger partial charge < -0.3 is 14.6 Å². The van der Waals surface area contributed by atoms with Crippen molar-refractivity contribution in [2.75, 3.05) is 13.2 Å². The van der Waals surface area contributed by atoms with Gasteiger partial charge in [0.15, 0.2) is 0 Å². The first-order valence-corrected chi connectivity index (χ1v) is 15.6. The van der Waals surface area contributed by atoms with Gasteiger partial charge in [-0.05, 0) is 84.8 Å². The zero-order chi connectivity index (χ0) is 28.1. The highest BCUT2D eigenvalue weighted by molar-refractivity contribution is 7.89. The third-order valence-electron chi connectivity index (χ3n) is 7.77. The molecule has 2 fully saturated rings. The van der Waals surface area contributed by atoms with Crippen LogP contribution in [0.5, 0.6) is 11.5 Å². The Morgan fingerprint density at radius 2 is 1.45 bits per heavy atom. The molecule has 5 rings (SSSR count). The molecule has 1 saturated heterocycles. The van der Waals surface area contributed by atoms with E-state index in [1.54, 1.807) is 12.1 Å². The van der Waals surface area contributed by atoms with Gasteiger partial charge in [-0.3, -0.25) is 4.79 Å². The molecule has 0 amide bonds. The van der Waals surface area contributed by atoms with Crippen LogP contribution in [0.2, 0.25) is 5.02 Å². The number of nitrogens with zero attached hydrogens (tertiary/aromatic N) is 1. The van der Waals surface area contributed by atoms with E-state index in [1.165, 1.54) is 31.4 Å². The van der Waals surface area contributed by atoms with Gasteiger partial charge in [0.05, 0.1) is 11.5 Å². The maximum Gasteiger partial charge on any atom is 0.322 e. The topological polar surface area (TPSA) is 93.1 Å². The van der Waals surface area contributed by atoms with Crippen LogP contribution < -0.4 is 9.47 Å². The molecular formula is C31H34ClNO6S. The van der Waals surface area contributed by atoms with Crippen molar-refractivity contribution >= 4 is 27.6 Å². The van der Waals surface area contributed by atoms with Crippen LogP contribution in [0.25, 0.3) is 11.1 Å². The molecule has 0 radical (unpaired) electrons. The van der Waals surface area contributed by atoms with E-state index in [0.717, 1.165) is 28.3 Å². The molecule has 2 aliphatic rings. The molecule has 0 spiro atoms. The molecule has 0 aromatic heterocycles. The van der Waals surface area contributed by atoms with Gasteiger partial charge in [-0.2, -0.15) is 4.31 Å². The van der Waals surface area contributed by atoms with Crippen LogP contribution >= 0.6 is 11.6 Å². The van der Waals surface area contributed by atoms with Gasteiger partial charge in [0, 0.05) is 18.0 Å². The molecule has 1 heterocycles. The highest BCUT2D eigenvalue weighted by Crippen LogP contribution is 2.31. The lowest BCUT2D eigenvalue weighted by atomic mass is 9.90. The molecule has 1 N–H and O–H groups in total. The summed E-state index contributed by atoms with van der Waals surface area (Å²) in [5, 5.41) is 10.6. The maximum absolute atomic E-state index is 13.4. The first kappa shape index (κ1) is 28.5. The van der Waals surface area contributed by atoms with Crippen LogP contribution in [0.15, 0.2) is 77.7 Å². The fourth-order valence-electron chi connectivity index (χ4n) is 5.50. The van der Waals surface area contributed by atoms with Crippen molar-refractivity contribution in [1.29, 1.82) is 0 Å². The molecule has 40 heavy (non-hydrogen) atoms. The summed E-state index contributed by atoms with van der Waals surface area (Å²) < 4.78 is 40.0. The Balaban J connectivity index is 1.21. The van der Waals surface area contributed by atoms with Crippen molar-refractivity contribution in [3.63, 3.8) is 0 Å². The Bertz CT molecular complexity index is 1390. The first-order chi connectivity index (χ1) is 19.3. The number of piperidine rings is 1. The zero-order valence-electron chi connectivity index (χ0n) is 22.2. The summed E-state index contributed by atoms with van der Waals surface area (Å²) in [5.41, 5.74) is 2.02. The summed E-state index contributed by atoms with van der Waals surface area (Å²) in [7, 11) is -4.01. The van der Waals surface area contributed by atoms with E-state index in [-0.39, 0.29) is 17.9 Å². The summed E-state index contributed by atoms with van der Waals surface area (Å²) in [5.74, 6) is 0.571. The minimum atomic E-state index is -4.01. The summed E-state index contributed by atoms with van der Waals surface area (Å²) >= 11 is 5.97. The van der Waals surface area contributed by atoms with Crippen molar-refractivity contribution in [3.8, 4) is 22.6 Å². The predicted molar refractivity (Wildman–Crippen MR) is 154 cm³/mol. The number of carboxylic acid groups (broad SMARTS) is 1. The van der Waals surface area contributed by atoms with Gasteiger partial charge in [0.2, 0.25) is 10.0 Å². The molecular weight excluding hydrogens is 550 g/mol. The number of halogens is 1. The van der Waals surface area contributed by atoms with Crippen molar-refractivity contribution < 1.29 is 27.8 Å². The summed E-state index contributed by atoms with van der Waals surface area (Å²) in [4.78, 5) is 12.2. The van der Waals surface area contributed by atoms with Gasteiger partial charge in [-0.25, -0.2) is 8.42 Å². The minimum absolute atomic E-state index is 0.0484. The normalized spacial score (nSPS) is 20.6. The van der Waals surface area contributed by atoms with Gasteiger partial charge in [-0.15, -0.1) is 0 Å². The van der Waals surface area contributed by atoms with E-state index in [4.69, 9.17) is 21.1 Å². The fraction of sp³-hybridized carbons (Fsp3) is 0.387. The highest BCUT2D eigenvalue weighted by atomic mass is 35.5. The lowest BCUT2D eigenvalue weighted by Gasteiger charge is -2.36. The number of carboxylic acids is 1. The molecule has 3 aromatic rings. The molecule has 212 valence electrons. The Morgan fingerprint density at radius 1 is 0.850 bits per heavy atom. The fourth-order valence-corrected chi connectivity index (χ4v) is 7.24. The van der Waals surface area contributed by atoms with Crippen LogP contribution in [-0.2, 0) is 14.8 Å². The molecule has 1 aliphatic carbocycles. The van der Waals surface area contributed by atoms with Crippen LogP contribution in [0, 0.1) is 5.92 Å². The molecule has 0 bridgehead atoms. The molecule has 1 saturated carbocycles. The Morgan fingerprint density at radius 3 is 2.08 bits per heavy atom. The largest absolute Gasteiger partial charge is 0.493 e. The maximum atomic E-state index is 13.4. The first-order valence-electron chi connectivity index (χ1n) is 13.8. The smallest absolute Gasteiger partial charge is 0.322 e. The van der Waals surface area contributed by atoms with E-state index in [2.05, 4.69) is 0 Å². The number of hydrogen-bond donors (Lipinski definition) is 1. The monoisotopic (exact) mass is 583 g/mol. The van der Waals surface area contributed by atoms with E-state index < -0.39 is 28.1 Å². The third-order valence-corrected chi connectivity index (χ3v) is 9.94. The highest BCUT2D eigenvalue weighted by Gasteiger charge is 2.41. The van der Waals surface area contributed by atoms with E-state index in [9.17, 15) is 18.3 Å². The van der Waals surface area contributed by atoms with E-state index in [0.29, 0.717) is 35.5 Å². The summed E-state index contributed by atoms with van der Waals surface area (Å²) in [6.07, 6.45) is 6.07. The average molecular weight is 584 g/mol. The SMILES string of the molecule is O=C(O)[C@@H]1C[C@@H](Oc2ccc(-c3ccc(Cl)cc3)cc2)CCN1S(=O)(=O)c1ccc(OCC2CCCCC2)cc1. The van der Waals surface area contributed by atoms with Crippen LogP contribution in [0.3, 0.4) is 0 Å². The number of aliphatic carboxylic acids is 1. The number of carbonyl (C=O) groups is 1. The van der Waals surface area contributed by atoms with Crippen molar-refractivity contribution in [1.82, 2.24) is 4.31 Å². The third kappa shape index (κ3) is 6.79. The second kappa shape index (κ2) is 12.6. The standard InChI is InChI=1S/C31H34ClNO6S/c32-25-10-6-23(7-11-25)24-8-12-27(13-9-24)39-28-18-19-33(30(20-28)31(34)35)40(36,37)29-16-14-26(15-17-29)38-21-22-4-2-1-3-5-22/h6-17,22,28,30H,1-5,18-21H2,(H,34,35)/t28-,30-/m0/s1. The van der Waals surface area contributed by atoms with Gasteiger partial charge in [0.1, 0.15) is 23.6 Å². The Hall–Kier alpha value is -3.07. The number of benzene rings is 3. The Labute approximate surface area is 240 Å². The number of ether oxygens (including phenoxy) is 2. The molecule has 1 aliphatic heterocycles. The van der Waals surface area contributed by atoms with Gasteiger partial charge >= 0.3 is 5.97 Å². The van der Waals surface area contributed by atoms with E-state index in [1.807, 2.05) is 48.5 Å². The lowest BCUT2D eigenvalue weighted by Crippen LogP contribution is -2.52.